The monoisotopic (exact) mass is 355 g/mol. The van der Waals surface area contributed by atoms with Crippen LogP contribution >= 0.6 is 0 Å². The maximum atomic E-state index is 12.0. The van der Waals surface area contributed by atoms with Crippen molar-refractivity contribution < 1.29 is 24.2 Å². The molecular formula is C19H33NO5. The number of ether oxygens (including phenoxy) is 2. The molecule has 0 spiro atoms. The molecule has 1 aliphatic heterocycles. The number of carboxylic acid groups (broad SMARTS) is 1. The number of esters is 1. The molecule has 1 heterocycles. The minimum Gasteiger partial charge on any atom is -0.478 e. The number of carbonyl (C=O) groups is 2. The van der Waals surface area contributed by atoms with E-state index in [9.17, 15) is 9.59 Å². The molecule has 0 amide bonds. The van der Waals surface area contributed by atoms with Crippen molar-refractivity contribution in [1.82, 2.24) is 4.90 Å². The van der Waals surface area contributed by atoms with Crippen molar-refractivity contribution in [3.05, 3.63) is 11.6 Å². The summed E-state index contributed by atoms with van der Waals surface area (Å²) in [5.74, 6) is -1.13. The predicted molar refractivity (Wildman–Crippen MR) is 96.5 cm³/mol. The molecule has 1 fully saturated rings. The van der Waals surface area contributed by atoms with Crippen molar-refractivity contribution in [2.45, 2.75) is 52.4 Å². The van der Waals surface area contributed by atoms with Gasteiger partial charge < -0.3 is 14.6 Å². The van der Waals surface area contributed by atoms with Gasteiger partial charge in [0, 0.05) is 24.7 Å². The quantitative estimate of drug-likeness (QED) is 0.330. The van der Waals surface area contributed by atoms with Gasteiger partial charge in [-0.3, -0.25) is 4.90 Å². The first kappa shape index (κ1) is 21.6. The van der Waals surface area contributed by atoms with E-state index in [1.165, 1.54) is 0 Å². The van der Waals surface area contributed by atoms with Gasteiger partial charge in [-0.15, -0.1) is 0 Å². The zero-order valence-corrected chi connectivity index (χ0v) is 15.7. The zero-order valence-electron chi connectivity index (χ0n) is 15.7. The molecule has 1 saturated heterocycles. The van der Waals surface area contributed by atoms with Gasteiger partial charge in [0.05, 0.1) is 19.8 Å². The van der Waals surface area contributed by atoms with Gasteiger partial charge in [-0.2, -0.15) is 0 Å². The number of rotatable bonds is 12. The molecule has 0 aromatic carbocycles. The molecule has 144 valence electrons. The summed E-state index contributed by atoms with van der Waals surface area (Å²) in [5.41, 5.74) is 0.268. The third kappa shape index (κ3) is 10.9. The van der Waals surface area contributed by atoms with Crippen molar-refractivity contribution in [3.63, 3.8) is 0 Å². The molecule has 1 N–H and O–H groups in total. The van der Waals surface area contributed by atoms with Gasteiger partial charge in [0.1, 0.15) is 0 Å². The fourth-order valence-electron chi connectivity index (χ4n) is 2.69. The summed E-state index contributed by atoms with van der Waals surface area (Å²) >= 11 is 0. The number of nitrogens with zero attached hydrogens (tertiary/aromatic N) is 1. The van der Waals surface area contributed by atoms with Crippen LogP contribution in [0.1, 0.15) is 52.4 Å². The summed E-state index contributed by atoms with van der Waals surface area (Å²) in [6.07, 6.45) is 6.24. The summed E-state index contributed by atoms with van der Waals surface area (Å²) in [6.45, 7) is 9.19. The van der Waals surface area contributed by atoms with Gasteiger partial charge in [-0.1, -0.05) is 26.7 Å². The molecule has 0 aromatic rings. The normalized spacial score (nSPS) is 16.2. The van der Waals surface area contributed by atoms with E-state index in [1.54, 1.807) is 0 Å². The van der Waals surface area contributed by atoms with Gasteiger partial charge in [0.25, 0.3) is 0 Å². The topological polar surface area (TPSA) is 76.1 Å². The highest BCUT2D eigenvalue weighted by molar-refractivity contribution is 5.95. The van der Waals surface area contributed by atoms with Crippen LogP contribution < -0.4 is 0 Å². The second kappa shape index (κ2) is 12.9. The lowest BCUT2D eigenvalue weighted by atomic mass is 10.1. The first-order valence-corrected chi connectivity index (χ1v) is 9.39. The van der Waals surface area contributed by atoms with E-state index in [2.05, 4.69) is 18.7 Å². The lowest BCUT2D eigenvalue weighted by Crippen LogP contribution is -2.36. The SMILES string of the molecule is CC(C)CCOC(=O)/C(=C/C(=O)O)CCCCCCN1CCOCC1. The molecule has 0 atom stereocenters. The summed E-state index contributed by atoms with van der Waals surface area (Å²) in [7, 11) is 0. The van der Waals surface area contributed by atoms with Crippen molar-refractivity contribution in [3.8, 4) is 0 Å². The maximum Gasteiger partial charge on any atom is 0.334 e. The van der Waals surface area contributed by atoms with E-state index >= 15 is 0 Å². The molecule has 25 heavy (non-hydrogen) atoms. The number of carbonyl (C=O) groups excluding carboxylic acids is 1. The van der Waals surface area contributed by atoms with Gasteiger partial charge in [0.2, 0.25) is 0 Å². The van der Waals surface area contributed by atoms with Crippen LogP contribution in [-0.2, 0) is 19.1 Å². The van der Waals surface area contributed by atoms with Gasteiger partial charge in [0.15, 0.2) is 0 Å². The number of aliphatic carboxylic acids is 1. The second-order valence-corrected chi connectivity index (χ2v) is 6.94. The Balaban J connectivity index is 2.21. The lowest BCUT2D eigenvalue weighted by Gasteiger charge is -2.26. The Kier molecular flexibility index (Phi) is 11.2. The molecule has 6 nitrogen and oxygen atoms in total. The highest BCUT2D eigenvalue weighted by Gasteiger charge is 2.13. The van der Waals surface area contributed by atoms with Crippen LogP contribution in [0.25, 0.3) is 0 Å². The summed E-state index contributed by atoms with van der Waals surface area (Å²) in [4.78, 5) is 25.3. The number of unbranched alkanes of at least 4 members (excludes halogenated alkanes) is 3. The molecule has 0 saturated carbocycles. The van der Waals surface area contributed by atoms with E-state index in [4.69, 9.17) is 14.6 Å². The van der Waals surface area contributed by atoms with Gasteiger partial charge in [-0.05, 0) is 38.1 Å². The Morgan fingerprint density at radius 3 is 2.48 bits per heavy atom. The van der Waals surface area contributed by atoms with E-state index in [0.717, 1.165) is 71.0 Å². The number of hydrogen-bond donors (Lipinski definition) is 1. The smallest absolute Gasteiger partial charge is 0.334 e. The van der Waals surface area contributed by atoms with Crippen LogP contribution in [0.5, 0.6) is 0 Å². The molecule has 0 radical (unpaired) electrons. The number of carboxylic acids is 1. The van der Waals surface area contributed by atoms with Gasteiger partial charge in [-0.25, -0.2) is 9.59 Å². The summed E-state index contributed by atoms with van der Waals surface area (Å²) < 4.78 is 10.5. The minimum atomic E-state index is -1.09. The third-order valence-corrected chi connectivity index (χ3v) is 4.26. The Morgan fingerprint density at radius 1 is 1.16 bits per heavy atom. The average Bonchev–Trinajstić information content (AvgIpc) is 2.57. The van der Waals surface area contributed by atoms with Crippen LogP contribution in [0.4, 0.5) is 0 Å². The second-order valence-electron chi connectivity index (χ2n) is 6.94. The van der Waals surface area contributed by atoms with Crippen LogP contribution in [0, 0.1) is 5.92 Å². The molecule has 0 aromatic heterocycles. The lowest BCUT2D eigenvalue weighted by molar-refractivity contribution is -0.140. The number of hydrogen-bond acceptors (Lipinski definition) is 5. The molecule has 0 unspecified atom stereocenters. The Morgan fingerprint density at radius 2 is 1.84 bits per heavy atom. The standard InChI is InChI=1S/C19H33NO5/c1-16(2)8-12-25-19(23)17(15-18(21)22)7-5-3-4-6-9-20-10-13-24-14-11-20/h15-16H,3-14H2,1-2H3,(H,21,22)/b17-15+. The molecule has 6 heteroatoms. The third-order valence-electron chi connectivity index (χ3n) is 4.26. The van der Waals surface area contributed by atoms with Crippen molar-refractivity contribution in [2.24, 2.45) is 5.92 Å². The van der Waals surface area contributed by atoms with E-state index in [-0.39, 0.29) is 5.57 Å². The predicted octanol–water partition coefficient (Wildman–Crippen LogP) is 2.87. The molecule has 0 bridgehead atoms. The maximum absolute atomic E-state index is 12.0. The zero-order chi connectivity index (χ0) is 18.5. The Labute approximate surface area is 151 Å². The molecule has 1 aliphatic rings. The highest BCUT2D eigenvalue weighted by Crippen LogP contribution is 2.13. The van der Waals surface area contributed by atoms with Crippen molar-refractivity contribution in [2.75, 3.05) is 39.5 Å². The Bertz CT molecular complexity index is 428. The van der Waals surface area contributed by atoms with Crippen LogP contribution in [0.15, 0.2) is 11.6 Å². The van der Waals surface area contributed by atoms with E-state index in [1.807, 2.05) is 0 Å². The van der Waals surface area contributed by atoms with Crippen LogP contribution in [0.2, 0.25) is 0 Å². The van der Waals surface area contributed by atoms with Gasteiger partial charge >= 0.3 is 11.9 Å². The molecule has 1 rings (SSSR count). The van der Waals surface area contributed by atoms with Crippen molar-refractivity contribution in [1.29, 1.82) is 0 Å². The average molecular weight is 355 g/mol. The minimum absolute atomic E-state index is 0.268. The molecule has 0 aliphatic carbocycles. The first-order valence-electron chi connectivity index (χ1n) is 9.39. The highest BCUT2D eigenvalue weighted by atomic mass is 16.5. The van der Waals surface area contributed by atoms with Crippen LogP contribution in [-0.4, -0.2) is 61.4 Å². The fraction of sp³-hybridized carbons (Fsp3) is 0.789. The summed E-state index contributed by atoms with van der Waals surface area (Å²) in [6, 6.07) is 0. The largest absolute Gasteiger partial charge is 0.478 e. The first-order chi connectivity index (χ1) is 12.0. The number of morpholine rings is 1. The molecular weight excluding hydrogens is 322 g/mol. The fourth-order valence-corrected chi connectivity index (χ4v) is 2.69. The van der Waals surface area contributed by atoms with E-state index < -0.39 is 11.9 Å². The van der Waals surface area contributed by atoms with E-state index in [0.29, 0.717) is 18.9 Å². The summed E-state index contributed by atoms with van der Waals surface area (Å²) in [5, 5.41) is 8.93. The van der Waals surface area contributed by atoms with Crippen molar-refractivity contribution >= 4 is 11.9 Å². The Hall–Kier alpha value is -1.40. The van der Waals surface area contributed by atoms with Crippen LogP contribution in [0.3, 0.4) is 0 Å².